The van der Waals surface area contributed by atoms with E-state index in [1.807, 2.05) is 79.7 Å². The van der Waals surface area contributed by atoms with Crippen LogP contribution in [-0.4, -0.2) is 11.9 Å². The van der Waals surface area contributed by atoms with Crippen molar-refractivity contribution in [2.45, 2.75) is 25.3 Å². The van der Waals surface area contributed by atoms with Crippen LogP contribution < -0.4 is 5.32 Å². The van der Waals surface area contributed by atoms with Crippen molar-refractivity contribution < 1.29 is 9.21 Å². The van der Waals surface area contributed by atoms with Gasteiger partial charge >= 0.3 is 0 Å². The van der Waals surface area contributed by atoms with E-state index >= 15 is 0 Å². The summed E-state index contributed by atoms with van der Waals surface area (Å²) in [6.45, 7) is 2.01. The van der Waals surface area contributed by atoms with Gasteiger partial charge in [-0.3, -0.25) is 4.79 Å². The van der Waals surface area contributed by atoms with Gasteiger partial charge in [-0.15, -0.1) is 0 Å². The quantitative estimate of drug-likeness (QED) is 0.356. The Labute approximate surface area is 185 Å². The van der Waals surface area contributed by atoms with Crippen LogP contribution in [0, 0.1) is 0 Å². The second kappa shape index (κ2) is 8.95. The van der Waals surface area contributed by atoms with Gasteiger partial charge < -0.3 is 9.73 Å². The predicted molar refractivity (Wildman–Crippen MR) is 122 cm³/mol. The SMILES string of the molecule is CC(NC(=O)c1cc2ccccc2o1)C(Cc1ccc(Cl)cc1)c1ccc(Cl)cc1. The average molecular weight is 438 g/mol. The van der Waals surface area contributed by atoms with Crippen LogP contribution in [0.2, 0.25) is 10.0 Å². The highest BCUT2D eigenvalue weighted by atomic mass is 35.5. The molecule has 0 saturated heterocycles. The van der Waals surface area contributed by atoms with Crippen molar-refractivity contribution >= 4 is 40.1 Å². The minimum Gasteiger partial charge on any atom is -0.451 e. The van der Waals surface area contributed by atoms with Crippen molar-refractivity contribution in [2.75, 3.05) is 0 Å². The maximum Gasteiger partial charge on any atom is 0.287 e. The van der Waals surface area contributed by atoms with E-state index in [1.54, 1.807) is 6.07 Å². The predicted octanol–water partition coefficient (Wildman–Crippen LogP) is 6.88. The Kier molecular flexibility index (Phi) is 6.12. The summed E-state index contributed by atoms with van der Waals surface area (Å²) in [5.41, 5.74) is 2.95. The van der Waals surface area contributed by atoms with Crippen LogP contribution in [0.1, 0.15) is 34.5 Å². The maximum absolute atomic E-state index is 12.9. The molecule has 1 amide bonds. The van der Waals surface area contributed by atoms with Crippen LogP contribution in [0.15, 0.2) is 83.3 Å². The third-order valence-electron chi connectivity index (χ3n) is 5.28. The van der Waals surface area contributed by atoms with Crippen LogP contribution in [0.4, 0.5) is 0 Å². The average Bonchev–Trinajstić information content (AvgIpc) is 3.18. The number of carbonyl (C=O) groups excluding carboxylic acids is 1. The van der Waals surface area contributed by atoms with Crippen molar-refractivity contribution in [1.82, 2.24) is 5.32 Å². The largest absolute Gasteiger partial charge is 0.451 e. The van der Waals surface area contributed by atoms with Gasteiger partial charge in [-0.05, 0) is 60.9 Å². The van der Waals surface area contributed by atoms with E-state index in [9.17, 15) is 4.79 Å². The first-order valence-corrected chi connectivity index (χ1v) is 10.5. The molecular weight excluding hydrogens is 417 g/mol. The zero-order chi connectivity index (χ0) is 21.1. The molecule has 0 radical (unpaired) electrons. The highest BCUT2D eigenvalue weighted by molar-refractivity contribution is 6.30. The van der Waals surface area contributed by atoms with Gasteiger partial charge in [0.05, 0.1) is 0 Å². The standard InChI is InChI=1S/C25H21Cl2NO2/c1-16(28-25(29)24-15-19-4-2-3-5-23(19)30-24)22(18-8-12-21(27)13-9-18)14-17-6-10-20(26)11-7-17/h2-13,15-16,22H,14H2,1H3,(H,28,29). The first kappa shape index (κ1) is 20.5. The lowest BCUT2D eigenvalue weighted by molar-refractivity contribution is 0.0908. The number of fused-ring (bicyclic) bond motifs is 1. The summed E-state index contributed by atoms with van der Waals surface area (Å²) >= 11 is 12.1. The van der Waals surface area contributed by atoms with E-state index < -0.39 is 0 Å². The number of halogens is 2. The molecule has 3 aromatic carbocycles. The van der Waals surface area contributed by atoms with E-state index in [2.05, 4.69) is 5.32 Å². The highest BCUT2D eigenvalue weighted by Gasteiger charge is 2.23. The van der Waals surface area contributed by atoms with Gasteiger partial charge in [-0.25, -0.2) is 0 Å². The molecule has 152 valence electrons. The van der Waals surface area contributed by atoms with Crippen LogP contribution in [0.5, 0.6) is 0 Å². The summed E-state index contributed by atoms with van der Waals surface area (Å²) in [6, 6.07) is 24.8. The molecule has 30 heavy (non-hydrogen) atoms. The first-order chi connectivity index (χ1) is 14.5. The fraction of sp³-hybridized carbons (Fsp3) is 0.160. The van der Waals surface area contributed by atoms with Crippen molar-refractivity contribution in [1.29, 1.82) is 0 Å². The molecule has 2 atom stereocenters. The maximum atomic E-state index is 12.9. The third-order valence-corrected chi connectivity index (χ3v) is 5.78. The van der Waals surface area contributed by atoms with Crippen LogP contribution in [-0.2, 0) is 6.42 Å². The Morgan fingerprint density at radius 2 is 1.57 bits per heavy atom. The minimum absolute atomic E-state index is 0.0526. The number of nitrogens with one attached hydrogen (secondary N) is 1. The van der Waals surface area contributed by atoms with E-state index in [1.165, 1.54) is 0 Å². The molecule has 0 aliphatic carbocycles. The normalized spacial score (nSPS) is 13.2. The Morgan fingerprint density at radius 1 is 0.933 bits per heavy atom. The van der Waals surface area contributed by atoms with Crippen molar-refractivity contribution in [2.24, 2.45) is 0 Å². The monoisotopic (exact) mass is 437 g/mol. The molecule has 0 aliphatic heterocycles. The highest BCUT2D eigenvalue weighted by Crippen LogP contribution is 2.27. The van der Waals surface area contributed by atoms with E-state index in [-0.39, 0.29) is 17.9 Å². The molecule has 5 heteroatoms. The van der Waals surface area contributed by atoms with Gasteiger partial charge in [0.25, 0.3) is 5.91 Å². The Hall–Kier alpha value is -2.75. The van der Waals surface area contributed by atoms with Crippen molar-refractivity contribution in [3.05, 3.63) is 106 Å². The lowest BCUT2D eigenvalue weighted by atomic mass is 9.86. The lowest BCUT2D eigenvalue weighted by Crippen LogP contribution is -2.37. The number of amides is 1. The summed E-state index contributed by atoms with van der Waals surface area (Å²) < 4.78 is 5.72. The molecule has 4 rings (SSSR count). The van der Waals surface area contributed by atoms with E-state index in [0.717, 1.165) is 22.9 Å². The van der Waals surface area contributed by atoms with Crippen LogP contribution in [0.3, 0.4) is 0 Å². The third kappa shape index (κ3) is 4.69. The zero-order valence-corrected chi connectivity index (χ0v) is 18.0. The Bertz CT molecular complexity index is 1120. The van der Waals surface area contributed by atoms with Crippen LogP contribution in [0.25, 0.3) is 11.0 Å². The van der Waals surface area contributed by atoms with Gasteiger partial charge in [-0.2, -0.15) is 0 Å². The summed E-state index contributed by atoms with van der Waals surface area (Å²) in [5, 5.41) is 5.40. The molecular formula is C25H21Cl2NO2. The molecule has 1 N–H and O–H groups in total. The van der Waals surface area contributed by atoms with Gasteiger partial charge in [0.2, 0.25) is 0 Å². The number of hydrogen-bond donors (Lipinski definition) is 1. The number of rotatable bonds is 6. The minimum atomic E-state index is -0.228. The van der Waals surface area contributed by atoms with Crippen molar-refractivity contribution in [3.63, 3.8) is 0 Å². The summed E-state index contributed by atoms with van der Waals surface area (Å²) in [7, 11) is 0. The van der Waals surface area contributed by atoms with E-state index in [4.69, 9.17) is 27.6 Å². The number of para-hydroxylation sites is 1. The fourth-order valence-corrected chi connectivity index (χ4v) is 3.89. The Balaban J connectivity index is 1.57. The summed E-state index contributed by atoms with van der Waals surface area (Å²) in [6.07, 6.45) is 0.750. The lowest BCUT2D eigenvalue weighted by Gasteiger charge is -2.25. The van der Waals surface area contributed by atoms with Gasteiger partial charge in [-0.1, -0.05) is 65.7 Å². The zero-order valence-electron chi connectivity index (χ0n) is 16.4. The molecule has 1 aromatic heterocycles. The number of hydrogen-bond acceptors (Lipinski definition) is 2. The second-order valence-electron chi connectivity index (χ2n) is 7.40. The summed E-state index contributed by atoms with van der Waals surface area (Å²) in [4.78, 5) is 12.9. The van der Waals surface area contributed by atoms with E-state index in [0.29, 0.717) is 21.4 Å². The van der Waals surface area contributed by atoms with Crippen LogP contribution >= 0.6 is 23.2 Å². The number of carbonyl (C=O) groups is 1. The molecule has 1 heterocycles. The smallest absolute Gasteiger partial charge is 0.287 e. The number of furan rings is 1. The van der Waals surface area contributed by atoms with Gasteiger partial charge in [0, 0.05) is 27.4 Å². The molecule has 0 bridgehead atoms. The molecule has 0 aliphatic rings. The molecule has 0 spiro atoms. The first-order valence-electron chi connectivity index (χ1n) is 9.79. The Morgan fingerprint density at radius 3 is 2.23 bits per heavy atom. The second-order valence-corrected chi connectivity index (χ2v) is 8.27. The topological polar surface area (TPSA) is 42.2 Å². The van der Waals surface area contributed by atoms with Gasteiger partial charge in [0.15, 0.2) is 5.76 Å². The van der Waals surface area contributed by atoms with Crippen molar-refractivity contribution in [3.8, 4) is 0 Å². The number of benzene rings is 3. The molecule has 3 nitrogen and oxygen atoms in total. The molecule has 0 saturated carbocycles. The molecule has 4 aromatic rings. The fourth-order valence-electron chi connectivity index (χ4n) is 3.64. The van der Waals surface area contributed by atoms with Gasteiger partial charge in [0.1, 0.15) is 5.58 Å². The molecule has 2 unspecified atom stereocenters. The molecule has 0 fully saturated rings. The summed E-state index contributed by atoms with van der Waals surface area (Å²) in [5.74, 6) is 0.134.